The Morgan fingerprint density at radius 2 is 2.28 bits per heavy atom. The molecule has 1 aliphatic rings. The van der Waals surface area contributed by atoms with Gasteiger partial charge in [0.1, 0.15) is 0 Å². The summed E-state index contributed by atoms with van der Waals surface area (Å²) in [5, 5.41) is 0. The van der Waals surface area contributed by atoms with E-state index >= 15 is 0 Å². The van der Waals surface area contributed by atoms with Crippen molar-refractivity contribution in [2.75, 3.05) is 13.2 Å². The first-order chi connectivity index (χ1) is 8.52. The number of hydrogen-bond acceptors (Lipinski definition) is 3. The van der Waals surface area contributed by atoms with Crippen molar-refractivity contribution in [1.82, 2.24) is 4.90 Å². The lowest BCUT2D eigenvalue weighted by atomic mass is 10.2. The van der Waals surface area contributed by atoms with Crippen LogP contribution in [0.15, 0.2) is 6.07 Å². The molecule has 0 aliphatic carbocycles. The molecule has 1 amide bonds. The standard InChI is InChI=1S/C14H21NO2S/c1-5-12-9(2)6-13(18-12)14(16)15-7-11(4)17-8-10(15)3/h6,10-11H,5,7-8H2,1-4H3. The minimum atomic E-state index is 0.136. The maximum atomic E-state index is 12.5. The van der Waals surface area contributed by atoms with Crippen LogP contribution >= 0.6 is 11.3 Å². The molecule has 1 aliphatic heterocycles. The van der Waals surface area contributed by atoms with Crippen LogP contribution in [0.3, 0.4) is 0 Å². The molecular weight excluding hydrogens is 246 g/mol. The van der Waals surface area contributed by atoms with E-state index in [2.05, 4.69) is 13.8 Å². The molecular formula is C14H21NO2S. The molecule has 2 unspecified atom stereocenters. The maximum absolute atomic E-state index is 12.5. The Balaban J connectivity index is 2.18. The number of carbonyl (C=O) groups is 1. The minimum Gasteiger partial charge on any atom is -0.375 e. The third-order valence-corrected chi connectivity index (χ3v) is 4.79. The molecule has 3 nitrogen and oxygen atoms in total. The summed E-state index contributed by atoms with van der Waals surface area (Å²) in [6.45, 7) is 9.61. The Morgan fingerprint density at radius 3 is 2.89 bits per heavy atom. The highest BCUT2D eigenvalue weighted by Gasteiger charge is 2.29. The van der Waals surface area contributed by atoms with Gasteiger partial charge in [-0.15, -0.1) is 11.3 Å². The molecule has 4 heteroatoms. The van der Waals surface area contributed by atoms with Gasteiger partial charge in [-0.1, -0.05) is 6.92 Å². The van der Waals surface area contributed by atoms with E-state index in [1.165, 1.54) is 10.4 Å². The van der Waals surface area contributed by atoms with Gasteiger partial charge in [0.15, 0.2) is 0 Å². The van der Waals surface area contributed by atoms with E-state index in [1.807, 2.05) is 24.8 Å². The molecule has 0 radical (unpaired) electrons. The van der Waals surface area contributed by atoms with E-state index in [-0.39, 0.29) is 18.1 Å². The number of hydrogen-bond donors (Lipinski definition) is 0. The lowest BCUT2D eigenvalue weighted by molar-refractivity contribution is -0.0385. The average molecular weight is 267 g/mol. The topological polar surface area (TPSA) is 29.5 Å². The molecule has 0 saturated carbocycles. The zero-order chi connectivity index (χ0) is 13.3. The van der Waals surface area contributed by atoms with Gasteiger partial charge in [0, 0.05) is 11.4 Å². The van der Waals surface area contributed by atoms with Crippen LogP contribution in [0.1, 0.15) is 40.9 Å². The molecule has 0 N–H and O–H groups in total. The highest BCUT2D eigenvalue weighted by atomic mass is 32.1. The first kappa shape index (κ1) is 13.6. The largest absolute Gasteiger partial charge is 0.375 e. The highest BCUT2D eigenvalue weighted by Crippen LogP contribution is 2.25. The fourth-order valence-electron chi connectivity index (χ4n) is 2.30. The first-order valence-electron chi connectivity index (χ1n) is 6.54. The molecule has 1 aromatic heterocycles. The molecule has 2 atom stereocenters. The zero-order valence-electron chi connectivity index (χ0n) is 11.5. The smallest absolute Gasteiger partial charge is 0.264 e. The minimum absolute atomic E-state index is 0.136. The number of ether oxygens (including phenoxy) is 1. The van der Waals surface area contributed by atoms with Gasteiger partial charge in [-0.3, -0.25) is 4.79 Å². The Bertz CT molecular complexity index is 441. The maximum Gasteiger partial charge on any atom is 0.264 e. The number of thiophene rings is 1. The lowest BCUT2D eigenvalue weighted by Gasteiger charge is -2.36. The summed E-state index contributed by atoms with van der Waals surface area (Å²) >= 11 is 1.63. The summed E-state index contributed by atoms with van der Waals surface area (Å²) in [6.07, 6.45) is 1.13. The monoisotopic (exact) mass is 267 g/mol. The van der Waals surface area contributed by atoms with Crippen LogP contribution in [0.5, 0.6) is 0 Å². The fraction of sp³-hybridized carbons (Fsp3) is 0.643. The molecule has 1 saturated heterocycles. The third kappa shape index (κ3) is 2.59. The summed E-state index contributed by atoms with van der Waals surface area (Å²) in [4.78, 5) is 16.6. The number of aryl methyl sites for hydroxylation is 2. The summed E-state index contributed by atoms with van der Waals surface area (Å²) in [6, 6.07) is 2.19. The van der Waals surface area contributed by atoms with Gasteiger partial charge in [0.25, 0.3) is 5.91 Å². The summed E-state index contributed by atoms with van der Waals surface area (Å²) in [5.41, 5.74) is 1.24. The second-order valence-electron chi connectivity index (χ2n) is 5.02. The van der Waals surface area contributed by atoms with Crippen LogP contribution < -0.4 is 0 Å². The predicted molar refractivity (Wildman–Crippen MR) is 74.3 cm³/mol. The van der Waals surface area contributed by atoms with Gasteiger partial charge >= 0.3 is 0 Å². The molecule has 100 valence electrons. The van der Waals surface area contributed by atoms with Crippen molar-refractivity contribution in [2.45, 2.75) is 46.3 Å². The Labute approximate surface area is 113 Å². The van der Waals surface area contributed by atoms with Gasteiger partial charge < -0.3 is 9.64 Å². The molecule has 1 aromatic rings. The zero-order valence-corrected chi connectivity index (χ0v) is 12.3. The van der Waals surface area contributed by atoms with Gasteiger partial charge in [-0.2, -0.15) is 0 Å². The van der Waals surface area contributed by atoms with E-state index in [4.69, 9.17) is 4.74 Å². The highest BCUT2D eigenvalue weighted by molar-refractivity contribution is 7.14. The van der Waals surface area contributed by atoms with Crippen molar-refractivity contribution in [3.8, 4) is 0 Å². The van der Waals surface area contributed by atoms with Crippen LogP contribution in [0, 0.1) is 6.92 Å². The number of rotatable bonds is 2. The summed E-state index contributed by atoms with van der Waals surface area (Å²) in [5.74, 6) is 0.158. The van der Waals surface area contributed by atoms with Crippen molar-refractivity contribution in [3.05, 3.63) is 21.4 Å². The average Bonchev–Trinajstić information content (AvgIpc) is 2.73. The van der Waals surface area contributed by atoms with Gasteiger partial charge in [-0.25, -0.2) is 0 Å². The van der Waals surface area contributed by atoms with Crippen molar-refractivity contribution in [2.24, 2.45) is 0 Å². The molecule has 0 aromatic carbocycles. The Morgan fingerprint density at radius 1 is 1.56 bits per heavy atom. The molecule has 0 bridgehead atoms. The van der Waals surface area contributed by atoms with Gasteiger partial charge in [-0.05, 0) is 38.8 Å². The van der Waals surface area contributed by atoms with E-state index in [1.54, 1.807) is 11.3 Å². The van der Waals surface area contributed by atoms with E-state index < -0.39 is 0 Å². The van der Waals surface area contributed by atoms with Crippen molar-refractivity contribution in [3.63, 3.8) is 0 Å². The number of morpholine rings is 1. The normalized spacial score (nSPS) is 24.3. The van der Waals surface area contributed by atoms with E-state index in [0.29, 0.717) is 13.2 Å². The molecule has 0 spiro atoms. The molecule has 2 heterocycles. The van der Waals surface area contributed by atoms with Crippen LogP contribution in [0.25, 0.3) is 0 Å². The summed E-state index contributed by atoms with van der Waals surface area (Å²) < 4.78 is 5.57. The number of nitrogens with zero attached hydrogens (tertiary/aromatic N) is 1. The predicted octanol–water partition coefficient (Wildman–Crippen LogP) is 2.87. The second kappa shape index (κ2) is 5.41. The van der Waals surface area contributed by atoms with Crippen molar-refractivity contribution < 1.29 is 9.53 Å². The van der Waals surface area contributed by atoms with Crippen LogP contribution in [-0.4, -0.2) is 36.1 Å². The molecule has 1 fully saturated rings. The van der Waals surface area contributed by atoms with E-state index in [0.717, 1.165) is 11.3 Å². The summed E-state index contributed by atoms with van der Waals surface area (Å²) in [7, 11) is 0. The quantitative estimate of drug-likeness (QED) is 0.824. The van der Waals surface area contributed by atoms with Crippen molar-refractivity contribution in [1.29, 1.82) is 0 Å². The van der Waals surface area contributed by atoms with Gasteiger partial charge in [0.2, 0.25) is 0 Å². The fourth-order valence-corrected chi connectivity index (χ4v) is 3.37. The molecule has 18 heavy (non-hydrogen) atoms. The van der Waals surface area contributed by atoms with Crippen molar-refractivity contribution >= 4 is 17.2 Å². The molecule has 2 rings (SSSR count). The Hall–Kier alpha value is -0.870. The van der Waals surface area contributed by atoms with Crippen LogP contribution in [-0.2, 0) is 11.2 Å². The van der Waals surface area contributed by atoms with Crippen LogP contribution in [0.2, 0.25) is 0 Å². The number of carbonyl (C=O) groups excluding carboxylic acids is 1. The lowest BCUT2D eigenvalue weighted by Crippen LogP contribution is -2.50. The third-order valence-electron chi connectivity index (χ3n) is 3.42. The van der Waals surface area contributed by atoms with E-state index in [9.17, 15) is 4.79 Å². The Kier molecular flexibility index (Phi) is 4.07. The number of amides is 1. The van der Waals surface area contributed by atoms with Crippen LogP contribution in [0.4, 0.5) is 0 Å². The van der Waals surface area contributed by atoms with Gasteiger partial charge in [0.05, 0.1) is 23.6 Å². The second-order valence-corrected chi connectivity index (χ2v) is 6.16. The SMILES string of the molecule is CCc1sc(C(=O)N2CC(C)OCC2C)cc1C. The first-order valence-corrected chi connectivity index (χ1v) is 7.36.